The van der Waals surface area contributed by atoms with Crippen LogP contribution in [0.1, 0.15) is 17.0 Å². The van der Waals surface area contributed by atoms with Crippen LogP contribution in [0, 0.1) is 13.8 Å². The minimum absolute atomic E-state index is 0.818. The van der Waals surface area contributed by atoms with Crippen LogP contribution in [0.2, 0.25) is 0 Å². The van der Waals surface area contributed by atoms with Crippen molar-refractivity contribution in [3.8, 4) is 11.4 Å². The van der Waals surface area contributed by atoms with Crippen LogP contribution >= 0.6 is 0 Å². The van der Waals surface area contributed by atoms with Gasteiger partial charge < -0.3 is 14.0 Å². The summed E-state index contributed by atoms with van der Waals surface area (Å²) in [4.78, 5) is 12.6. The van der Waals surface area contributed by atoms with Crippen LogP contribution in [0.5, 0.6) is 0 Å². The summed E-state index contributed by atoms with van der Waals surface area (Å²) in [6.07, 6.45) is 8.01. The molecule has 4 rings (SSSR count). The van der Waals surface area contributed by atoms with E-state index >= 15 is 0 Å². The maximum atomic E-state index is 5.15. The van der Waals surface area contributed by atoms with E-state index < -0.39 is 0 Å². The first-order chi connectivity index (χ1) is 11.2. The number of nitrogens with one attached hydrogen (secondary N) is 1. The lowest BCUT2D eigenvalue weighted by molar-refractivity contribution is 0.567. The summed E-state index contributed by atoms with van der Waals surface area (Å²) in [5, 5.41) is 0. The Kier molecular flexibility index (Phi) is 3.26. The highest BCUT2D eigenvalue weighted by Crippen LogP contribution is 2.21. The SMILES string of the molecule is Cc1ccc2[nH]c(CCn3ccnc3-c3ccoc3)nc2c1C. The van der Waals surface area contributed by atoms with Crippen molar-refractivity contribution < 1.29 is 4.42 Å². The van der Waals surface area contributed by atoms with Crippen molar-refractivity contribution in [2.45, 2.75) is 26.8 Å². The smallest absolute Gasteiger partial charge is 0.143 e. The van der Waals surface area contributed by atoms with Gasteiger partial charge in [0.2, 0.25) is 0 Å². The third-order valence-electron chi connectivity index (χ3n) is 4.31. The monoisotopic (exact) mass is 306 g/mol. The minimum Gasteiger partial charge on any atom is -0.472 e. The van der Waals surface area contributed by atoms with Crippen molar-refractivity contribution in [2.24, 2.45) is 0 Å². The molecular weight excluding hydrogens is 288 g/mol. The Morgan fingerprint density at radius 3 is 2.96 bits per heavy atom. The molecule has 0 saturated carbocycles. The molecule has 0 unspecified atom stereocenters. The summed E-state index contributed by atoms with van der Waals surface area (Å²) in [5.41, 5.74) is 5.68. The molecule has 23 heavy (non-hydrogen) atoms. The third-order valence-corrected chi connectivity index (χ3v) is 4.31. The first kappa shape index (κ1) is 13.8. The average molecular weight is 306 g/mol. The fourth-order valence-corrected chi connectivity index (χ4v) is 2.85. The molecule has 0 spiro atoms. The molecular formula is C18H18N4O. The lowest BCUT2D eigenvalue weighted by atomic mass is 10.1. The van der Waals surface area contributed by atoms with Gasteiger partial charge in [-0.15, -0.1) is 0 Å². The van der Waals surface area contributed by atoms with Gasteiger partial charge in [-0.05, 0) is 37.1 Å². The Bertz CT molecular complexity index is 947. The topological polar surface area (TPSA) is 59.6 Å². The number of fused-ring (bicyclic) bond motifs is 1. The van der Waals surface area contributed by atoms with E-state index in [9.17, 15) is 0 Å². The number of H-pyrrole nitrogens is 1. The maximum Gasteiger partial charge on any atom is 0.143 e. The number of aromatic nitrogens is 4. The molecule has 0 atom stereocenters. The van der Waals surface area contributed by atoms with E-state index in [1.165, 1.54) is 11.1 Å². The van der Waals surface area contributed by atoms with Crippen molar-refractivity contribution in [3.05, 3.63) is 60.1 Å². The average Bonchev–Trinajstić information content (AvgIpc) is 3.28. The van der Waals surface area contributed by atoms with Crippen molar-refractivity contribution in [1.82, 2.24) is 19.5 Å². The normalized spacial score (nSPS) is 11.4. The van der Waals surface area contributed by atoms with Gasteiger partial charge in [0.25, 0.3) is 0 Å². The molecule has 3 heterocycles. The first-order valence-corrected chi connectivity index (χ1v) is 7.71. The summed E-state index contributed by atoms with van der Waals surface area (Å²) in [6, 6.07) is 6.15. The van der Waals surface area contributed by atoms with E-state index in [1.54, 1.807) is 12.5 Å². The molecule has 1 aromatic carbocycles. The van der Waals surface area contributed by atoms with Gasteiger partial charge in [0.05, 0.1) is 22.9 Å². The molecule has 0 radical (unpaired) electrons. The number of rotatable bonds is 4. The largest absolute Gasteiger partial charge is 0.472 e. The maximum absolute atomic E-state index is 5.15. The summed E-state index contributed by atoms with van der Waals surface area (Å²) in [5.74, 6) is 1.92. The zero-order valence-electron chi connectivity index (χ0n) is 13.2. The number of aryl methyl sites for hydroxylation is 4. The molecule has 4 aromatic rings. The van der Waals surface area contributed by atoms with Crippen LogP contribution < -0.4 is 0 Å². The number of benzene rings is 1. The quantitative estimate of drug-likeness (QED) is 0.622. The summed E-state index contributed by atoms with van der Waals surface area (Å²) < 4.78 is 7.27. The molecule has 3 aromatic heterocycles. The van der Waals surface area contributed by atoms with Gasteiger partial charge in [0.1, 0.15) is 17.9 Å². The molecule has 0 saturated heterocycles. The highest BCUT2D eigenvalue weighted by Gasteiger charge is 2.10. The van der Waals surface area contributed by atoms with Gasteiger partial charge in [-0.2, -0.15) is 0 Å². The molecule has 5 heteroatoms. The van der Waals surface area contributed by atoms with E-state index in [-0.39, 0.29) is 0 Å². The Hall–Kier alpha value is -2.82. The molecule has 0 amide bonds. The van der Waals surface area contributed by atoms with E-state index in [0.717, 1.165) is 41.2 Å². The van der Waals surface area contributed by atoms with Crippen LogP contribution in [0.15, 0.2) is 47.5 Å². The third kappa shape index (κ3) is 2.44. The van der Waals surface area contributed by atoms with Crippen LogP contribution in [0.3, 0.4) is 0 Å². The van der Waals surface area contributed by atoms with E-state index in [0.29, 0.717) is 0 Å². The number of hydrogen-bond donors (Lipinski definition) is 1. The van der Waals surface area contributed by atoms with Crippen LogP contribution in [0.25, 0.3) is 22.4 Å². The molecule has 0 fully saturated rings. The zero-order chi connectivity index (χ0) is 15.8. The molecule has 0 aliphatic heterocycles. The molecule has 1 N–H and O–H groups in total. The summed E-state index contributed by atoms with van der Waals surface area (Å²) in [7, 11) is 0. The Balaban J connectivity index is 1.58. The number of nitrogens with zero attached hydrogens (tertiary/aromatic N) is 3. The second-order valence-corrected chi connectivity index (χ2v) is 5.79. The molecule has 116 valence electrons. The van der Waals surface area contributed by atoms with Crippen LogP contribution in [-0.4, -0.2) is 19.5 Å². The van der Waals surface area contributed by atoms with Gasteiger partial charge >= 0.3 is 0 Å². The summed E-state index contributed by atoms with van der Waals surface area (Å²) >= 11 is 0. The number of imidazole rings is 2. The lowest BCUT2D eigenvalue weighted by Gasteiger charge is -2.04. The second-order valence-electron chi connectivity index (χ2n) is 5.79. The van der Waals surface area contributed by atoms with Crippen molar-refractivity contribution in [3.63, 3.8) is 0 Å². The predicted octanol–water partition coefficient (Wildman–Crippen LogP) is 3.88. The Labute approximate surface area is 134 Å². The van der Waals surface area contributed by atoms with Crippen molar-refractivity contribution in [1.29, 1.82) is 0 Å². The van der Waals surface area contributed by atoms with Gasteiger partial charge in [-0.25, -0.2) is 9.97 Å². The van der Waals surface area contributed by atoms with Crippen LogP contribution in [-0.2, 0) is 13.0 Å². The van der Waals surface area contributed by atoms with Crippen LogP contribution in [0.4, 0.5) is 0 Å². The van der Waals surface area contributed by atoms with Gasteiger partial charge in [0.15, 0.2) is 0 Å². The van der Waals surface area contributed by atoms with E-state index in [4.69, 9.17) is 9.40 Å². The standard InChI is InChI=1S/C18H18N4O/c1-12-3-4-15-17(13(12)2)21-16(20-15)5-8-22-9-7-19-18(22)14-6-10-23-11-14/h3-4,6-7,9-11H,5,8H2,1-2H3,(H,20,21). The van der Waals surface area contributed by atoms with Gasteiger partial charge in [-0.1, -0.05) is 6.07 Å². The minimum atomic E-state index is 0.818. The highest BCUT2D eigenvalue weighted by atomic mass is 16.3. The molecule has 0 aliphatic rings. The first-order valence-electron chi connectivity index (χ1n) is 7.71. The van der Waals surface area contributed by atoms with E-state index in [1.807, 2.05) is 18.5 Å². The predicted molar refractivity (Wildman–Crippen MR) is 89.2 cm³/mol. The highest BCUT2D eigenvalue weighted by molar-refractivity contribution is 5.79. The second kappa shape index (κ2) is 5.43. The fourth-order valence-electron chi connectivity index (χ4n) is 2.85. The Morgan fingerprint density at radius 1 is 1.22 bits per heavy atom. The number of hydrogen-bond acceptors (Lipinski definition) is 3. The number of aromatic amines is 1. The van der Waals surface area contributed by atoms with Crippen molar-refractivity contribution >= 4 is 11.0 Å². The van der Waals surface area contributed by atoms with Gasteiger partial charge in [-0.3, -0.25) is 0 Å². The lowest BCUT2D eigenvalue weighted by Crippen LogP contribution is -2.03. The molecule has 0 aliphatic carbocycles. The van der Waals surface area contributed by atoms with E-state index in [2.05, 4.69) is 40.5 Å². The zero-order valence-corrected chi connectivity index (χ0v) is 13.2. The fraction of sp³-hybridized carbons (Fsp3) is 0.222. The molecule has 5 nitrogen and oxygen atoms in total. The van der Waals surface area contributed by atoms with Crippen molar-refractivity contribution in [2.75, 3.05) is 0 Å². The molecule has 0 bridgehead atoms. The number of furan rings is 1. The summed E-state index contributed by atoms with van der Waals surface area (Å²) in [6.45, 7) is 5.05. The van der Waals surface area contributed by atoms with Gasteiger partial charge in [0, 0.05) is 25.4 Å². The Morgan fingerprint density at radius 2 is 2.13 bits per heavy atom.